The normalized spacial score (nSPS) is 11.2. The second kappa shape index (κ2) is 8.41. The van der Waals surface area contributed by atoms with E-state index in [2.05, 4.69) is 10.0 Å². The number of hydrogen-bond donors (Lipinski definition) is 2. The summed E-state index contributed by atoms with van der Waals surface area (Å²) in [6.45, 7) is 1.75. The Hall–Kier alpha value is -2.61. The highest BCUT2D eigenvalue weighted by atomic mass is 35.5. The van der Waals surface area contributed by atoms with Gasteiger partial charge in [0.2, 0.25) is 0 Å². The van der Waals surface area contributed by atoms with Crippen LogP contribution in [0.2, 0.25) is 10.0 Å². The van der Waals surface area contributed by atoms with Crippen molar-refractivity contribution in [3.05, 3.63) is 87.7 Å². The Kier molecular flexibility index (Phi) is 6.12. The lowest BCUT2D eigenvalue weighted by Gasteiger charge is -2.12. The van der Waals surface area contributed by atoms with Crippen LogP contribution >= 0.6 is 23.2 Å². The Bertz CT molecular complexity index is 1200. The van der Waals surface area contributed by atoms with Crippen LogP contribution in [0.5, 0.6) is 0 Å². The first-order valence-corrected chi connectivity index (χ1v) is 10.6. The monoisotopic (exact) mass is 452 g/mol. The minimum absolute atomic E-state index is 0.105. The summed E-state index contributed by atoms with van der Waals surface area (Å²) in [7, 11) is -4.01. The van der Waals surface area contributed by atoms with E-state index in [-0.39, 0.29) is 21.2 Å². The van der Waals surface area contributed by atoms with E-state index in [9.17, 15) is 17.6 Å². The molecule has 0 saturated heterocycles. The fraction of sp³-hybridized carbons (Fsp3) is 0.0500. The molecule has 0 aliphatic rings. The van der Waals surface area contributed by atoms with Crippen molar-refractivity contribution in [3.63, 3.8) is 0 Å². The van der Waals surface area contributed by atoms with Gasteiger partial charge in [0.1, 0.15) is 5.82 Å². The highest BCUT2D eigenvalue weighted by molar-refractivity contribution is 7.92. The molecule has 0 heterocycles. The highest BCUT2D eigenvalue weighted by Crippen LogP contribution is 2.25. The van der Waals surface area contributed by atoms with Crippen LogP contribution in [0.3, 0.4) is 0 Å². The van der Waals surface area contributed by atoms with Gasteiger partial charge in [-0.15, -0.1) is 0 Å². The van der Waals surface area contributed by atoms with Gasteiger partial charge in [-0.05, 0) is 55.0 Å². The number of halogens is 3. The predicted molar refractivity (Wildman–Crippen MR) is 113 cm³/mol. The molecule has 29 heavy (non-hydrogen) atoms. The van der Waals surface area contributed by atoms with E-state index in [0.717, 1.165) is 11.6 Å². The van der Waals surface area contributed by atoms with E-state index in [0.29, 0.717) is 10.7 Å². The van der Waals surface area contributed by atoms with Crippen molar-refractivity contribution in [2.75, 3.05) is 10.0 Å². The van der Waals surface area contributed by atoms with Crippen molar-refractivity contribution in [3.8, 4) is 0 Å². The summed E-state index contributed by atoms with van der Waals surface area (Å²) in [6, 6.07) is 14.3. The lowest BCUT2D eigenvalue weighted by molar-refractivity contribution is 0.102. The highest BCUT2D eigenvalue weighted by Gasteiger charge is 2.19. The van der Waals surface area contributed by atoms with Gasteiger partial charge >= 0.3 is 0 Å². The van der Waals surface area contributed by atoms with Crippen LogP contribution in [0.15, 0.2) is 65.6 Å². The van der Waals surface area contributed by atoms with Crippen LogP contribution in [0.4, 0.5) is 15.8 Å². The van der Waals surface area contributed by atoms with E-state index >= 15 is 0 Å². The van der Waals surface area contributed by atoms with Gasteiger partial charge in [0.05, 0.1) is 26.9 Å². The summed E-state index contributed by atoms with van der Waals surface area (Å²) >= 11 is 11.8. The van der Waals surface area contributed by atoms with Crippen molar-refractivity contribution in [1.29, 1.82) is 0 Å². The molecule has 3 aromatic rings. The quantitative estimate of drug-likeness (QED) is 0.536. The summed E-state index contributed by atoms with van der Waals surface area (Å²) in [5.74, 6) is -1.56. The van der Waals surface area contributed by atoms with E-state index < -0.39 is 21.7 Å². The standard InChI is InChI=1S/C20H15Cl2FN2O3S/c1-12-4-2-3-5-18(12)25-29(27,28)14-7-9-19(17(23)11-14)24-20(26)15-8-6-13(21)10-16(15)22/h2-11,25H,1H3,(H,24,26). The van der Waals surface area contributed by atoms with Gasteiger partial charge in [0, 0.05) is 5.02 Å². The maximum absolute atomic E-state index is 14.5. The largest absolute Gasteiger partial charge is 0.319 e. The Morgan fingerprint density at radius 2 is 1.69 bits per heavy atom. The summed E-state index contributed by atoms with van der Waals surface area (Å²) in [5.41, 5.74) is 1.03. The third-order valence-electron chi connectivity index (χ3n) is 4.06. The zero-order valence-electron chi connectivity index (χ0n) is 15.0. The zero-order valence-corrected chi connectivity index (χ0v) is 17.4. The van der Waals surface area contributed by atoms with Gasteiger partial charge in [-0.1, -0.05) is 41.4 Å². The average Bonchev–Trinajstić information content (AvgIpc) is 2.65. The number of sulfonamides is 1. The van der Waals surface area contributed by atoms with E-state index in [4.69, 9.17) is 23.2 Å². The third kappa shape index (κ3) is 4.87. The number of aryl methyl sites for hydroxylation is 1. The number of amides is 1. The lowest BCUT2D eigenvalue weighted by atomic mass is 10.2. The third-order valence-corrected chi connectivity index (χ3v) is 5.98. The fourth-order valence-electron chi connectivity index (χ4n) is 2.52. The van der Waals surface area contributed by atoms with Crippen LogP contribution < -0.4 is 10.0 Å². The number of para-hydroxylation sites is 1. The van der Waals surface area contributed by atoms with Crippen LogP contribution in [0, 0.1) is 12.7 Å². The molecular formula is C20H15Cl2FN2O3S. The molecule has 9 heteroatoms. The van der Waals surface area contributed by atoms with E-state index in [1.807, 2.05) is 0 Å². The summed E-state index contributed by atoms with van der Waals surface area (Å²) in [4.78, 5) is 12.0. The number of anilines is 2. The van der Waals surface area contributed by atoms with Gasteiger partial charge in [-0.3, -0.25) is 9.52 Å². The number of rotatable bonds is 5. The number of benzene rings is 3. The Morgan fingerprint density at radius 3 is 2.34 bits per heavy atom. The molecular weight excluding hydrogens is 438 g/mol. The van der Waals surface area contributed by atoms with Crippen molar-refractivity contribution in [1.82, 2.24) is 0 Å². The first kappa shape index (κ1) is 21.1. The average molecular weight is 453 g/mol. The summed E-state index contributed by atoms with van der Waals surface area (Å²) in [5, 5.41) is 2.83. The van der Waals surface area contributed by atoms with Crippen LogP contribution in [0.25, 0.3) is 0 Å². The first-order valence-electron chi connectivity index (χ1n) is 8.32. The van der Waals surface area contributed by atoms with Crippen molar-refractivity contribution in [2.24, 2.45) is 0 Å². The molecule has 0 fully saturated rings. The predicted octanol–water partition coefficient (Wildman–Crippen LogP) is 5.49. The molecule has 150 valence electrons. The lowest BCUT2D eigenvalue weighted by Crippen LogP contribution is -2.16. The van der Waals surface area contributed by atoms with Crippen LogP contribution in [-0.4, -0.2) is 14.3 Å². The van der Waals surface area contributed by atoms with Crippen molar-refractivity contribution < 1.29 is 17.6 Å². The number of nitrogens with one attached hydrogen (secondary N) is 2. The molecule has 0 aliphatic carbocycles. The molecule has 0 aliphatic heterocycles. The molecule has 0 atom stereocenters. The molecule has 0 aromatic heterocycles. The maximum Gasteiger partial charge on any atom is 0.262 e. The van der Waals surface area contributed by atoms with Crippen molar-refractivity contribution in [2.45, 2.75) is 11.8 Å². The summed E-state index contributed by atoms with van der Waals surface area (Å²) < 4.78 is 42.0. The van der Waals surface area contributed by atoms with Gasteiger partial charge < -0.3 is 5.32 Å². The molecule has 0 radical (unpaired) electrons. The van der Waals surface area contributed by atoms with Gasteiger partial charge in [-0.25, -0.2) is 12.8 Å². The molecule has 0 unspecified atom stereocenters. The molecule has 2 N–H and O–H groups in total. The van der Waals surface area contributed by atoms with E-state index in [1.165, 1.54) is 30.3 Å². The molecule has 3 aromatic carbocycles. The summed E-state index contributed by atoms with van der Waals surface area (Å²) in [6.07, 6.45) is 0. The second-order valence-electron chi connectivity index (χ2n) is 6.14. The minimum Gasteiger partial charge on any atom is -0.319 e. The Balaban J connectivity index is 1.83. The fourth-order valence-corrected chi connectivity index (χ4v) is 4.16. The van der Waals surface area contributed by atoms with Crippen LogP contribution in [-0.2, 0) is 10.0 Å². The number of carbonyl (C=O) groups excluding carboxylic acids is 1. The topological polar surface area (TPSA) is 75.3 Å². The van der Waals surface area contributed by atoms with Gasteiger partial charge in [0.15, 0.2) is 0 Å². The first-order chi connectivity index (χ1) is 13.7. The molecule has 0 spiro atoms. The zero-order chi connectivity index (χ0) is 21.2. The minimum atomic E-state index is -4.01. The molecule has 5 nitrogen and oxygen atoms in total. The molecule has 0 saturated carbocycles. The SMILES string of the molecule is Cc1ccccc1NS(=O)(=O)c1ccc(NC(=O)c2ccc(Cl)cc2Cl)c(F)c1. The van der Waals surface area contributed by atoms with Gasteiger partial charge in [-0.2, -0.15) is 0 Å². The Labute approximate surface area is 177 Å². The second-order valence-corrected chi connectivity index (χ2v) is 8.67. The van der Waals surface area contributed by atoms with Crippen molar-refractivity contribution >= 4 is 50.5 Å². The van der Waals surface area contributed by atoms with Gasteiger partial charge in [0.25, 0.3) is 15.9 Å². The van der Waals surface area contributed by atoms with Crippen LogP contribution in [0.1, 0.15) is 15.9 Å². The molecule has 1 amide bonds. The maximum atomic E-state index is 14.5. The number of carbonyl (C=O) groups is 1. The molecule has 3 rings (SSSR count). The Morgan fingerprint density at radius 1 is 0.966 bits per heavy atom. The molecule has 0 bridgehead atoms. The van der Waals surface area contributed by atoms with E-state index in [1.54, 1.807) is 31.2 Å². The number of hydrogen-bond acceptors (Lipinski definition) is 3. The smallest absolute Gasteiger partial charge is 0.262 e.